The van der Waals surface area contributed by atoms with Gasteiger partial charge in [0.05, 0.1) is 0 Å². The summed E-state index contributed by atoms with van der Waals surface area (Å²) in [7, 11) is 0. The van der Waals surface area contributed by atoms with Gasteiger partial charge in [-0.15, -0.1) is 0 Å². The molecule has 2 aromatic rings. The third kappa shape index (κ3) is 2.74. The predicted molar refractivity (Wildman–Crippen MR) is 69.7 cm³/mol. The predicted octanol–water partition coefficient (Wildman–Crippen LogP) is 3.21. The summed E-state index contributed by atoms with van der Waals surface area (Å²) in [4.78, 5) is 14.8. The minimum absolute atomic E-state index is 0.490. The highest BCUT2D eigenvalue weighted by atomic mass is 16.5. The molecule has 0 spiro atoms. The number of nitrogens with zero attached hydrogens (tertiary/aromatic N) is 1. The highest BCUT2D eigenvalue weighted by Crippen LogP contribution is 2.27. The van der Waals surface area contributed by atoms with Crippen LogP contribution in [-0.4, -0.2) is 11.3 Å². The fourth-order valence-electron chi connectivity index (χ4n) is 1.72. The molecule has 0 bridgehead atoms. The maximum absolute atomic E-state index is 10.7. The van der Waals surface area contributed by atoms with E-state index in [4.69, 9.17) is 4.74 Å². The largest absolute Gasteiger partial charge is 0.483 e. The number of hydrogen-bond donors (Lipinski definition) is 0. The van der Waals surface area contributed by atoms with Crippen LogP contribution in [0.1, 0.15) is 29.8 Å². The van der Waals surface area contributed by atoms with E-state index in [1.807, 2.05) is 32.0 Å². The average Bonchev–Trinajstić information content (AvgIpc) is 2.39. The van der Waals surface area contributed by atoms with Crippen molar-refractivity contribution in [3.63, 3.8) is 0 Å². The lowest BCUT2D eigenvalue weighted by molar-refractivity contribution is 0.107. The summed E-state index contributed by atoms with van der Waals surface area (Å²) in [6.45, 7) is 3.94. The van der Waals surface area contributed by atoms with Crippen LogP contribution in [0.4, 0.5) is 0 Å². The molecule has 0 saturated carbocycles. The molecule has 0 amide bonds. The lowest BCUT2D eigenvalue weighted by Gasteiger charge is -2.26. The first-order valence-electron chi connectivity index (χ1n) is 5.76. The Morgan fingerprint density at radius 1 is 1.22 bits per heavy atom. The molecule has 92 valence electrons. The zero-order valence-electron chi connectivity index (χ0n) is 10.5. The van der Waals surface area contributed by atoms with Crippen molar-refractivity contribution in [2.45, 2.75) is 19.4 Å². The van der Waals surface area contributed by atoms with Gasteiger partial charge in [-0.25, -0.2) is 0 Å². The van der Waals surface area contributed by atoms with E-state index >= 15 is 0 Å². The van der Waals surface area contributed by atoms with E-state index in [1.54, 1.807) is 30.6 Å². The summed E-state index contributed by atoms with van der Waals surface area (Å²) in [5.74, 6) is 0.674. The molecule has 18 heavy (non-hydrogen) atoms. The second-order valence-corrected chi connectivity index (χ2v) is 4.54. The summed E-state index contributed by atoms with van der Waals surface area (Å²) < 4.78 is 5.93. The van der Waals surface area contributed by atoms with Crippen LogP contribution in [0.3, 0.4) is 0 Å². The van der Waals surface area contributed by atoms with Gasteiger partial charge in [0.15, 0.2) is 0 Å². The van der Waals surface area contributed by atoms with Crippen LogP contribution in [0, 0.1) is 0 Å². The number of ether oxygens (including phenoxy) is 1. The molecule has 0 saturated heterocycles. The number of benzene rings is 1. The van der Waals surface area contributed by atoms with Gasteiger partial charge in [0.1, 0.15) is 17.6 Å². The topological polar surface area (TPSA) is 39.2 Å². The van der Waals surface area contributed by atoms with Crippen molar-refractivity contribution in [3.05, 3.63) is 59.9 Å². The summed E-state index contributed by atoms with van der Waals surface area (Å²) in [5, 5.41) is 0. The van der Waals surface area contributed by atoms with Crippen LogP contribution in [0.25, 0.3) is 0 Å². The zero-order valence-corrected chi connectivity index (χ0v) is 10.5. The minimum atomic E-state index is -0.490. The first kappa shape index (κ1) is 12.3. The number of aromatic nitrogens is 1. The third-order valence-corrected chi connectivity index (χ3v) is 2.72. The van der Waals surface area contributed by atoms with Gasteiger partial charge in [0.2, 0.25) is 0 Å². The quantitative estimate of drug-likeness (QED) is 0.771. The van der Waals surface area contributed by atoms with Crippen molar-refractivity contribution < 1.29 is 9.53 Å². The highest BCUT2D eigenvalue weighted by Gasteiger charge is 2.22. The minimum Gasteiger partial charge on any atom is -0.483 e. The van der Waals surface area contributed by atoms with E-state index in [9.17, 15) is 4.79 Å². The van der Waals surface area contributed by atoms with Crippen LogP contribution < -0.4 is 4.74 Å². The Morgan fingerprint density at radius 2 is 2.06 bits per heavy atom. The summed E-state index contributed by atoms with van der Waals surface area (Å²) in [6, 6.07) is 11.0. The molecule has 3 nitrogen and oxygen atoms in total. The zero-order chi connectivity index (χ0) is 13.0. The molecule has 0 atom stereocenters. The number of hydrogen-bond acceptors (Lipinski definition) is 3. The van der Waals surface area contributed by atoms with E-state index < -0.39 is 5.60 Å². The Balaban J connectivity index is 2.24. The first-order chi connectivity index (χ1) is 8.62. The van der Waals surface area contributed by atoms with E-state index in [-0.39, 0.29) is 0 Å². The van der Waals surface area contributed by atoms with Gasteiger partial charge in [0.25, 0.3) is 0 Å². The Hall–Kier alpha value is -2.16. The second kappa shape index (κ2) is 5.00. The van der Waals surface area contributed by atoms with Crippen LogP contribution in [0.15, 0.2) is 48.8 Å². The molecule has 3 heteroatoms. The first-order valence-corrected chi connectivity index (χ1v) is 5.76. The monoisotopic (exact) mass is 241 g/mol. The van der Waals surface area contributed by atoms with Gasteiger partial charge in [-0.2, -0.15) is 0 Å². The fourth-order valence-corrected chi connectivity index (χ4v) is 1.72. The van der Waals surface area contributed by atoms with Crippen LogP contribution >= 0.6 is 0 Å². The van der Waals surface area contributed by atoms with Gasteiger partial charge >= 0.3 is 0 Å². The molecule has 1 aromatic heterocycles. The summed E-state index contributed by atoms with van der Waals surface area (Å²) in [5.41, 5.74) is 1.10. The molecule has 0 unspecified atom stereocenters. The van der Waals surface area contributed by atoms with Crippen molar-refractivity contribution >= 4 is 6.29 Å². The normalized spacial score (nSPS) is 11.0. The molecule has 0 aliphatic carbocycles. The van der Waals surface area contributed by atoms with E-state index in [0.29, 0.717) is 11.3 Å². The van der Waals surface area contributed by atoms with Crippen molar-refractivity contribution in [1.82, 2.24) is 4.98 Å². The maximum Gasteiger partial charge on any atom is 0.150 e. The van der Waals surface area contributed by atoms with Crippen LogP contribution in [0.5, 0.6) is 5.75 Å². The summed E-state index contributed by atoms with van der Waals surface area (Å²) in [6.07, 6.45) is 4.32. The van der Waals surface area contributed by atoms with E-state index in [1.165, 1.54) is 0 Å². The Morgan fingerprint density at radius 3 is 2.72 bits per heavy atom. The van der Waals surface area contributed by atoms with Crippen molar-refractivity contribution in [3.8, 4) is 5.75 Å². The molecule has 0 radical (unpaired) electrons. The Labute approximate surface area is 106 Å². The maximum atomic E-state index is 10.7. The number of rotatable bonds is 4. The molecule has 0 fully saturated rings. The number of carbonyl (C=O) groups is 1. The number of carbonyl (C=O) groups excluding carboxylic acids is 1. The second-order valence-electron chi connectivity index (χ2n) is 4.54. The van der Waals surface area contributed by atoms with Crippen LogP contribution in [0.2, 0.25) is 0 Å². The van der Waals surface area contributed by atoms with Crippen molar-refractivity contribution in [2.24, 2.45) is 0 Å². The van der Waals surface area contributed by atoms with Crippen LogP contribution in [-0.2, 0) is 5.60 Å². The van der Waals surface area contributed by atoms with E-state index in [2.05, 4.69) is 4.98 Å². The molecular formula is C15H15NO2. The Bertz CT molecular complexity index is 535. The molecule has 0 aliphatic rings. The smallest absolute Gasteiger partial charge is 0.150 e. The molecule has 0 N–H and O–H groups in total. The molecule has 2 rings (SSSR count). The molecule has 1 aromatic carbocycles. The fraction of sp³-hybridized carbons (Fsp3) is 0.200. The van der Waals surface area contributed by atoms with Gasteiger partial charge in [-0.05, 0) is 32.0 Å². The SMILES string of the molecule is CC(C)(Oc1cccc(C=O)c1)c1cccnc1. The highest BCUT2D eigenvalue weighted by molar-refractivity contribution is 5.75. The molecular weight excluding hydrogens is 226 g/mol. The van der Waals surface area contributed by atoms with Crippen molar-refractivity contribution in [1.29, 1.82) is 0 Å². The van der Waals surface area contributed by atoms with Gasteiger partial charge in [0, 0.05) is 23.5 Å². The third-order valence-electron chi connectivity index (χ3n) is 2.72. The van der Waals surface area contributed by atoms with Crippen molar-refractivity contribution in [2.75, 3.05) is 0 Å². The Kier molecular flexibility index (Phi) is 3.42. The number of pyridine rings is 1. The summed E-state index contributed by atoms with van der Waals surface area (Å²) >= 11 is 0. The lowest BCUT2D eigenvalue weighted by atomic mass is 10.00. The standard InChI is InChI=1S/C15H15NO2/c1-15(2,13-6-4-8-16-10-13)18-14-7-3-5-12(9-14)11-17/h3-11H,1-2H3. The molecule has 1 heterocycles. The van der Waals surface area contributed by atoms with Gasteiger partial charge in [-0.3, -0.25) is 9.78 Å². The van der Waals surface area contributed by atoms with E-state index in [0.717, 1.165) is 11.8 Å². The molecule has 0 aliphatic heterocycles. The van der Waals surface area contributed by atoms with Gasteiger partial charge < -0.3 is 4.74 Å². The average molecular weight is 241 g/mol. The van der Waals surface area contributed by atoms with Gasteiger partial charge in [-0.1, -0.05) is 18.2 Å². The lowest BCUT2D eigenvalue weighted by Crippen LogP contribution is -2.25. The number of aldehydes is 1.